The Morgan fingerprint density at radius 3 is 2.31 bits per heavy atom. The first-order valence-corrected chi connectivity index (χ1v) is 13.9. The fraction of sp³-hybridized carbons (Fsp3) is 0.481. The molecular weight excluding hydrogens is 540 g/mol. The molecule has 3 aliphatic rings. The molecule has 1 aliphatic carbocycles. The number of aliphatic imine (C=N–C) groups is 1. The van der Waals surface area contributed by atoms with Gasteiger partial charge in [-0.3, -0.25) is 4.98 Å². The van der Waals surface area contributed by atoms with Crippen LogP contribution in [0.15, 0.2) is 58.9 Å². The van der Waals surface area contributed by atoms with Gasteiger partial charge in [-0.15, -0.1) is 0 Å². The average Bonchev–Trinajstić information content (AvgIpc) is 3.15. The molecule has 1 atom stereocenters. The number of alkyl halides is 6. The van der Waals surface area contributed by atoms with Crippen molar-refractivity contribution in [2.75, 3.05) is 18.4 Å². The normalized spacial score (nSPS) is 23.0. The minimum atomic E-state index is -4.72. The molecule has 2 aliphatic heterocycles. The molecule has 210 valence electrons. The summed E-state index contributed by atoms with van der Waals surface area (Å²) in [6.07, 6.45) is -1.79. The number of anilines is 1. The van der Waals surface area contributed by atoms with Crippen molar-refractivity contribution in [3.63, 3.8) is 0 Å². The van der Waals surface area contributed by atoms with Crippen LogP contribution in [0.2, 0.25) is 0 Å². The van der Waals surface area contributed by atoms with E-state index in [1.807, 2.05) is 0 Å². The molecule has 3 heterocycles. The lowest BCUT2D eigenvalue weighted by molar-refractivity contribution is -0.139. The maximum Gasteiger partial charge on any atom is 0.418 e. The van der Waals surface area contributed by atoms with Crippen LogP contribution in [0.25, 0.3) is 0 Å². The molecule has 39 heavy (non-hydrogen) atoms. The van der Waals surface area contributed by atoms with Crippen LogP contribution in [0.3, 0.4) is 0 Å². The third-order valence-electron chi connectivity index (χ3n) is 7.26. The number of nitrogens with zero attached hydrogens (tertiary/aromatic N) is 2. The van der Waals surface area contributed by atoms with Gasteiger partial charge in [-0.25, -0.2) is 4.99 Å². The number of halogens is 6. The van der Waals surface area contributed by atoms with Crippen molar-refractivity contribution >= 4 is 22.6 Å². The fourth-order valence-corrected chi connectivity index (χ4v) is 6.65. The Morgan fingerprint density at radius 1 is 0.897 bits per heavy atom. The van der Waals surface area contributed by atoms with E-state index in [2.05, 4.69) is 20.9 Å². The monoisotopic (exact) mass is 569 g/mol. The number of amidine groups is 1. The highest BCUT2D eigenvalue weighted by atomic mass is 32.2. The largest absolute Gasteiger partial charge is 0.418 e. The van der Waals surface area contributed by atoms with E-state index in [1.54, 1.807) is 0 Å². The quantitative estimate of drug-likeness (QED) is 0.345. The van der Waals surface area contributed by atoms with Crippen LogP contribution in [0.5, 0.6) is 0 Å². The number of thioether (sulfide) groups is 1. The summed E-state index contributed by atoms with van der Waals surface area (Å²) in [4.78, 5) is 9.17. The topological polar surface area (TPSA) is 61.3 Å². The highest BCUT2D eigenvalue weighted by molar-refractivity contribution is 8.14. The van der Waals surface area contributed by atoms with Crippen molar-refractivity contribution in [1.29, 1.82) is 0 Å². The first kappa shape index (κ1) is 27.8. The molecule has 2 aromatic rings. The van der Waals surface area contributed by atoms with Gasteiger partial charge in [0.25, 0.3) is 0 Å². The van der Waals surface area contributed by atoms with Crippen molar-refractivity contribution in [3.8, 4) is 0 Å². The second-order valence-corrected chi connectivity index (χ2v) is 11.2. The van der Waals surface area contributed by atoms with Gasteiger partial charge in [-0.1, -0.05) is 31.0 Å². The van der Waals surface area contributed by atoms with E-state index in [0.29, 0.717) is 36.7 Å². The first-order chi connectivity index (χ1) is 18.6. The van der Waals surface area contributed by atoms with Gasteiger partial charge in [-0.2, -0.15) is 26.3 Å². The molecule has 0 amide bonds. The van der Waals surface area contributed by atoms with Crippen LogP contribution in [-0.2, 0) is 18.0 Å². The second-order valence-electron chi connectivity index (χ2n) is 9.93. The molecule has 0 saturated heterocycles. The van der Waals surface area contributed by atoms with Crippen LogP contribution in [-0.4, -0.2) is 28.5 Å². The molecule has 12 heteroatoms. The van der Waals surface area contributed by atoms with Gasteiger partial charge in [0.2, 0.25) is 0 Å². The minimum absolute atomic E-state index is 0.207. The number of nitrogens with one attached hydrogen (secondary N) is 3. The maximum absolute atomic E-state index is 14.4. The van der Waals surface area contributed by atoms with E-state index in [1.165, 1.54) is 36.2 Å². The summed E-state index contributed by atoms with van der Waals surface area (Å²) in [5, 5.41) is 10.6. The van der Waals surface area contributed by atoms with Crippen molar-refractivity contribution in [2.45, 2.75) is 68.2 Å². The summed E-state index contributed by atoms with van der Waals surface area (Å²) in [5.41, 5.74) is -2.34. The van der Waals surface area contributed by atoms with E-state index >= 15 is 0 Å². The third-order valence-corrected chi connectivity index (χ3v) is 8.48. The molecular formula is C27H29F6N5S. The van der Waals surface area contributed by atoms with E-state index in [4.69, 9.17) is 4.99 Å². The molecule has 5 rings (SSSR count). The maximum atomic E-state index is 14.4. The summed E-state index contributed by atoms with van der Waals surface area (Å²) >= 11 is 1.52. The third kappa shape index (κ3) is 6.06. The zero-order valence-corrected chi connectivity index (χ0v) is 21.9. The van der Waals surface area contributed by atoms with Gasteiger partial charge in [0.05, 0.1) is 11.1 Å². The van der Waals surface area contributed by atoms with Crippen LogP contribution in [0, 0.1) is 0 Å². The fourth-order valence-electron chi connectivity index (χ4n) is 5.40. The van der Waals surface area contributed by atoms with Crippen LogP contribution >= 0.6 is 11.8 Å². The van der Waals surface area contributed by atoms with Crippen molar-refractivity contribution < 1.29 is 26.3 Å². The minimum Gasteiger partial charge on any atom is -0.353 e. The van der Waals surface area contributed by atoms with Gasteiger partial charge < -0.3 is 16.0 Å². The van der Waals surface area contributed by atoms with E-state index in [0.717, 1.165) is 56.0 Å². The summed E-state index contributed by atoms with van der Waals surface area (Å²) in [6, 6.07) is 6.46. The van der Waals surface area contributed by atoms with Crippen LogP contribution in [0.1, 0.15) is 61.8 Å². The van der Waals surface area contributed by atoms with E-state index in [-0.39, 0.29) is 16.6 Å². The highest BCUT2D eigenvalue weighted by Gasteiger charge is 2.49. The zero-order valence-electron chi connectivity index (χ0n) is 21.1. The van der Waals surface area contributed by atoms with Gasteiger partial charge in [0.1, 0.15) is 5.69 Å². The SMILES string of the molecule is FC(F)(F)c1ccc(NC2(c3ncccc3C(F)(F)F)N=C(SC3CCCCC3)NC3=C2CCNCC3)cc1. The van der Waals surface area contributed by atoms with Crippen LogP contribution in [0.4, 0.5) is 32.0 Å². The first-order valence-electron chi connectivity index (χ1n) is 13.0. The van der Waals surface area contributed by atoms with Crippen molar-refractivity contribution in [1.82, 2.24) is 15.6 Å². The Hall–Kier alpha value is -2.73. The second kappa shape index (κ2) is 11.0. The van der Waals surface area contributed by atoms with Gasteiger partial charge in [0.15, 0.2) is 10.8 Å². The lowest BCUT2D eigenvalue weighted by Crippen LogP contribution is -2.46. The Morgan fingerprint density at radius 2 is 1.62 bits per heavy atom. The summed E-state index contributed by atoms with van der Waals surface area (Å²) < 4.78 is 82.9. The molecule has 1 fully saturated rings. The standard InChI is InChI=1S/C27H29F6N5S/c28-26(29,30)17-8-10-18(11-9-17)37-25(23-21(27(31,32)33)7-4-14-35-23)20-12-15-34-16-13-22(20)36-24(38-25)39-19-5-2-1-3-6-19/h4,7-11,14,19,34,37H,1-3,5-6,12-13,15-16H2,(H,36,38). The van der Waals surface area contributed by atoms with Crippen LogP contribution < -0.4 is 16.0 Å². The summed E-state index contributed by atoms with van der Waals surface area (Å²) in [7, 11) is 0. The molecule has 5 nitrogen and oxygen atoms in total. The molecule has 0 bridgehead atoms. The lowest BCUT2D eigenvalue weighted by atomic mass is 9.86. The molecule has 1 aromatic carbocycles. The van der Waals surface area contributed by atoms with Gasteiger partial charge in [0, 0.05) is 41.4 Å². The number of rotatable bonds is 4. The zero-order chi connectivity index (χ0) is 27.7. The number of pyridine rings is 1. The predicted octanol–water partition coefficient (Wildman–Crippen LogP) is 7.05. The smallest absolute Gasteiger partial charge is 0.353 e. The molecule has 1 saturated carbocycles. The number of hydrogen-bond acceptors (Lipinski definition) is 6. The van der Waals surface area contributed by atoms with E-state index in [9.17, 15) is 26.3 Å². The van der Waals surface area contributed by atoms with Gasteiger partial charge >= 0.3 is 12.4 Å². The summed E-state index contributed by atoms with van der Waals surface area (Å²) in [6.45, 7) is 1.13. The molecule has 1 unspecified atom stereocenters. The van der Waals surface area contributed by atoms with Crippen molar-refractivity contribution in [2.24, 2.45) is 4.99 Å². The lowest BCUT2D eigenvalue weighted by Gasteiger charge is -2.40. The predicted molar refractivity (Wildman–Crippen MR) is 140 cm³/mol. The average molecular weight is 570 g/mol. The number of benzene rings is 1. The molecule has 0 spiro atoms. The van der Waals surface area contributed by atoms with Crippen molar-refractivity contribution in [3.05, 3.63) is 70.7 Å². The molecule has 3 N–H and O–H groups in total. The Kier molecular flexibility index (Phi) is 7.87. The highest BCUT2D eigenvalue weighted by Crippen LogP contribution is 2.46. The Bertz CT molecular complexity index is 1230. The molecule has 1 aromatic heterocycles. The molecule has 0 radical (unpaired) electrons. The number of aromatic nitrogens is 1. The van der Waals surface area contributed by atoms with Gasteiger partial charge in [-0.05, 0) is 62.2 Å². The Balaban J connectivity index is 1.68. The van der Waals surface area contributed by atoms with E-state index < -0.39 is 29.1 Å². The summed E-state index contributed by atoms with van der Waals surface area (Å²) in [5.74, 6) is 0. The number of hydrogen-bond donors (Lipinski definition) is 3. The Labute approximate surface area is 227 Å².